The maximum Gasteiger partial charge on any atom is 0.281 e. The van der Waals surface area contributed by atoms with Gasteiger partial charge >= 0.3 is 0 Å². The molecule has 0 bridgehead atoms. The minimum atomic E-state index is -4.11. The van der Waals surface area contributed by atoms with Gasteiger partial charge in [-0.25, -0.2) is 27.3 Å². The molecule has 0 aliphatic heterocycles. The first-order chi connectivity index (χ1) is 7.27. The number of hydrogen-bond donors (Lipinski definition) is 1. The number of primary sulfonamides is 1. The van der Waals surface area contributed by atoms with E-state index in [1.807, 2.05) is 0 Å². The van der Waals surface area contributed by atoms with Crippen LogP contribution in [0.1, 0.15) is 17.7 Å². The molecule has 0 aromatic carbocycles. The normalized spacial score (nSPS) is 11.5. The van der Waals surface area contributed by atoms with Crippen molar-refractivity contribution in [2.75, 3.05) is 0 Å². The van der Waals surface area contributed by atoms with Crippen molar-refractivity contribution in [3.05, 3.63) is 21.9 Å². The van der Waals surface area contributed by atoms with Crippen LogP contribution >= 0.6 is 15.9 Å². The van der Waals surface area contributed by atoms with Gasteiger partial charge in [-0.05, 0) is 22.0 Å². The average Bonchev–Trinajstić information content (AvgIpc) is 2.15. The van der Waals surface area contributed by atoms with Gasteiger partial charge in [0.25, 0.3) is 6.43 Å². The minimum absolute atomic E-state index is 0.343. The zero-order chi connectivity index (χ0) is 12.5. The number of alkyl halides is 2. The molecule has 0 aliphatic carbocycles. The maximum atomic E-state index is 12.4. The molecule has 86 valence electrons. The van der Waals surface area contributed by atoms with E-state index in [0.29, 0.717) is 0 Å². The Morgan fingerprint density at radius 3 is 2.50 bits per heavy atom. The van der Waals surface area contributed by atoms with Crippen molar-refractivity contribution in [1.29, 1.82) is 5.26 Å². The van der Waals surface area contributed by atoms with Gasteiger partial charge in [0.2, 0.25) is 10.0 Å². The Hall–Kier alpha value is -1.11. The number of halogens is 3. The predicted molar refractivity (Wildman–Crippen MR) is 53.0 cm³/mol. The molecule has 1 aromatic rings. The van der Waals surface area contributed by atoms with Crippen LogP contribution in [0.25, 0.3) is 0 Å². The first-order valence-electron chi connectivity index (χ1n) is 3.69. The summed E-state index contributed by atoms with van der Waals surface area (Å²) in [6.07, 6.45) is -2.97. The molecule has 1 aromatic heterocycles. The lowest BCUT2D eigenvalue weighted by atomic mass is 10.2. The standard InChI is InChI=1S/C7H4BrF2N3O2S/c8-6-4(16(12,14)15)1-3(2-11)5(13-6)7(9)10/h1,7H,(H2,12,14,15). The van der Waals surface area contributed by atoms with Crippen molar-refractivity contribution >= 4 is 26.0 Å². The summed E-state index contributed by atoms with van der Waals surface area (Å²) in [5, 5.41) is 13.4. The highest BCUT2D eigenvalue weighted by molar-refractivity contribution is 9.10. The summed E-state index contributed by atoms with van der Waals surface area (Å²) < 4.78 is 46.5. The van der Waals surface area contributed by atoms with E-state index in [9.17, 15) is 17.2 Å². The lowest BCUT2D eigenvalue weighted by Gasteiger charge is -2.06. The molecule has 0 unspecified atom stereocenters. The first-order valence-corrected chi connectivity index (χ1v) is 6.02. The zero-order valence-electron chi connectivity index (χ0n) is 7.49. The second-order valence-corrected chi connectivity index (χ2v) is 4.95. The fraction of sp³-hybridized carbons (Fsp3) is 0.143. The van der Waals surface area contributed by atoms with Crippen LogP contribution in [-0.2, 0) is 10.0 Å². The van der Waals surface area contributed by atoms with Crippen molar-refractivity contribution in [2.24, 2.45) is 5.14 Å². The molecule has 0 amide bonds. The summed E-state index contributed by atoms with van der Waals surface area (Å²) in [6.45, 7) is 0. The molecule has 2 N–H and O–H groups in total. The molecule has 0 spiro atoms. The molecule has 5 nitrogen and oxygen atoms in total. The number of sulfonamides is 1. The Morgan fingerprint density at radius 2 is 2.12 bits per heavy atom. The Labute approximate surface area is 98.1 Å². The van der Waals surface area contributed by atoms with E-state index in [1.54, 1.807) is 0 Å². The van der Waals surface area contributed by atoms with Crippen LogP contribution in [0.3, 0.4) is 0 Å². The highest BCUT2D eigenvalue weighted by atomic mass is 79.9. The van der Waals surface area contributed by atoms with Gasteiger partial charge < -0.3 is 0 Å². The van der Waals surface area contributed by atoms with Gasteiger partial charge in [-0.15, -0.1) is 0 Å². The predicted octanol–water partition coefficient (Wildman–Crippen LogP) is 1.30. The molecule has 16 heavy (non-hydrogen) atoms. The van der Waals surface area contributed by atoms with E-state index >= 15 is 0 Å². The van der Waals surface area contributed by atoms with Crippen LogP contribution in [0.5, 0.6) is 0 Å². The molecule has 1 heterocycles. The number of aromatic nitrogens is 1. The van der Waals surface area contributed by atoms with Crippen LogP contribution in [0.2, 0.25) is 0 Å². The largest absolute Gasteiger partial charge is 0.281 e. The van der Waals surface area contributed by atoms with Gasteiger partial charge in [0.15, 0.2) is 0 Å². The minimum Gasteiger partial charge on any atom is -0.237 e. The van der Waals surface area contributed by atoms with Gasteiger partial charge in [0.05, 0.1) is 5.56 Å². The van der Waals surface area contributed by atoms with Gasteiger partial charge in [0.1, 0.15) is 21.3 Å². The number of pyridine rings is 1. The number of rotatable bonds is 2. The van der Waals surface area contributed by atoms with Gasteiger partial charge in [-0.3, -0.25) is 0 Å². The first kappa shape index (κ1) is 13.0. The summed E-state index contributed by atoms with van der Waals surface area (Å²) in [5.74, 6) is 0. The van der Waals surface area contributed by atoms with Gasteiger partial charge in [-0.1, -0.05) is 0 Å². The molecule has 0 saturated carbocycles. The van der Waals surface area contributed by atoms with E-state index in [4.69, 9.17) is 10.4 Å². The maximum absolute atomic E-state index is 12.4. The Morgan fingerprint density at radius 1 is 1.56 bits per heavy atom. The van der Waals surface area contributed by atoms with Crippen molar-refractivity contribution in [3.63, 3.8) is 0 Å². The van der Waals surface area contributed by atoms with Crippen molar-refractivity contribution < 1.29 is 17.2 Å². The highest BCUT2D eigenvalue weighted by Gasteiger charge is 2.22. The van der Waals surface area contributed by atoms with Crippen LogP contribution in [0.15, 0.2) is 15.6 Å². The van der Waals surface area contributed by atoms with Gasteiger partial charge in [-0.2, -0.15) is 5.26 Å². The number of nitrogens with two attached hydrogens (primary N) is 1. The summed E-state index contributed by atoms with van der Waals surface area (Å²) in [4.78, 5) is 2.79. The summed E-state index contributed by atoms with van der Waals surface area (Å²) in [7, 11) is -4.11. The van der Waals surface area contributed by atoms with E-state index in [-0.39, 0.29) is 4.60 Å². The second kappa shape index (κ2) is 4.40. The summed E-state index contributed by atoms with van der Waals surface area (Å²) in [6, 6.07) is 2.19. The topological polar surface area (TPSA) is 96.8 Å². The molecule has 0 fully saturated rings. The van der Waals surface area contributed by atoms with Gasteiger partial charge in [0, 0.05) is 0 Å². The third-order valence-electron chi connectivity index (χ3n) is 1.61. The Balaban J connectivity index is 3.58. The smallest absolute Gasteiger partial charge is 0.237 e. The van der Waals surface area contributed by atoms with E-state index < -0.39 is 32.6 Å². The fourth-order valence-corrected chi connectivity index (χ4v) is 2.49. The summed E-state index contributed by atoms with van der Waals surface area (Å²) >= 11 is 2.70. The monoisotopic (exact) mass is 311 g/mol. The zero-order valence-corrected chi connectivity index (χ0v) is 9.89. The molecular formula is C7H4BrF2N3O2S. The Bertz CT molecular complexity index is 568. The third-order valence-corrected chi connectivity index (χ3v) is 3.40. The average molecular weight is 312 g/mol. The van der Waals surface area contributed by atoms with E-state index in [2.05, 4.69) is 20.9 Å². The Kier molecular flexibility index (Phi) is 3.57. The van der Waals surface area contributed by atoms with Crippen molar-refractivity contribution in [1.82, 2.24) is 4.98 Å². The number of hydrogen-bond acceptors (Lipinski definition) is 4. The van der Waals surface area contributed by atoms with E-state index in [1.165, 1.54) is 6.07 Å². The molecule has 0 radical (unpaired) electrons. The van der Waals surface area contributed by atoms with Crippen LogP contribution in [-0.4, -0.2) is 13.4 Å². The third kappa shape index (κ3) is 2.52. The molecular weight excluding hydrogens is 308 g/mol. The SMILES string of the molecule is N#Cc1cc(S(N)(=O)=O)c(Br)nc1C(F)F. The quantitative estimate of drug-likeness (QED) is 0.832. The number of nitrogens with zero attached hydrogens (tertiary/aromatic N) is 2. The van der Waals surface area contributed by atoms with Crippen molar-refractivity contribution in [3.8, 4) is 6.07 Å². The molecule has 9 heteroatoms. The number of nitriles is 1. The molecule has 0 aliphatic rings. The van der Waals surface area contributed by atoms with Crippen LogP contribution in [0, 0.1) is 11.3 Å². The van der Waals surface area contributed by atoms with Crippen LogP contribution < -0.4 is 5.14 Å². The fourth-order valence-electron chi connectivity index (χ4n) is 0.941. The summed E-state index contributed by atoms with van der Waals surface area (Å²) in [5.41, 5.74) is -1.32. The van der Waals surface area contributed by atoms with E-state index in [0.717, 1.165) is 6.07 Å². The molecule has 1 rings (SSSR count). The highest BCUT2D eigenvalue weighted by Crippen LogP contribution is 2.27. The second-order valence-electron chi connectivity index (χ2n) is 2.67. The lowest BCUT2D eigenvalue weighted by molar-refractivity contribution is 0.145. The van der Waals surface area contributed by atoms with Crippen LogP contribution in [0.4, 0.5) is 8.78 Å². The molecule has 0 saturated heterocycles. The lowest BCUT2D eigenvalue weighted by Crippen LogP contribution is -2.14. The molecule has 0 atom stereocenters. The van der Waals surface area contributed by atoms with Crippen molar-refractivity contribution in [2.45, 2.75) is 11.3 Å².